The fourth-order valence-corrected chi connectivity index (χ4v) is 10.0. The molecule has 10 heterocycles. The van der Waals surface area contributed by atoms with Crippen molar-refractivity contribution in [3.63, 3.8) is 0 Å². The van der Waals surface area contributed by atoms with Crippen LogP contribution in [0.25, 0.3) is 22.4 Å². The third-order valence-electron chi connectivity index (χ3n) is 13.8. The van der Waals surface area contributed by atoms with E-state index in [1.54, 1.807) is 50.6 Å². The van der Waals surface area contributed by atoms with Crippen molar-refractivity contribution in [1.29, 1.82) is 0 Å². The second-order valence-electron chi connectivity index (χ2n) is 18.6. The number of hydrogen-bond donors (Lipinski definition) is 3. The van der Waals surface area contributed by atoms with Gasteiger partial charge in [-0.2, -0.15) is 20.4 Å². The van der Waals surface area contributed by atoms with Gasteiger partial charge in [0.1, 0.15) is 29.6 Å². The number of carbonyl (C=O) groups excluding carboxylic acids is 1. The van der Waals surface area contributed by atoms with Crippen LogP contribution in [0.15, 0.2) is 107 Å². The van der Waals surface area contributed by atoms with Crippen molar-refractivity contribution in [2.24, 2.45) is 11.8 Å². The predicted molar refractivity (Wildman–Crippen MR) is 257 cm³/mol. The number of likely N-dealkylation sites (tertiary alicyclic amines) is 1. The van der Waals surface area contributed by atoms with Crippen molar-refractivity contribution in [2.75, 3.05) is 52.6 Å². The van der Waals surface area contributed by atoms with E-state index in [1.807, 2.05) is 41.3 Å². The normalized spacial score (nSPS) is 21.2. The van der Waals surface area contributed by atoms with Crippen molar-refractivity contribution in [3.05, 3.63) is 153 Å². The Bertz CT molecular complexity index is 3090. The average molecular weight is 935 g/mol. The van der Waals surface area contributed by atoms with E-state index >= 15 is 0 Å². The molecule has 3 N–H and O–H groups in total. The molecule has 4 aliphatic heterocycles. The number of aldehydes is 1. The first-order valence-electron chi connectivity index (χ1n) is 24.0. The lowest BCUT2D eigenvalue weighted by molar-refractivity contribution is 0.0831. The Kier molecular flexibility index (Phi) is 13.8. The first kappa shape index (κ1) is 45.8. The highest BCUT2D eigenvalue weighted by Crippen LogP contribution is 2.33. The lowest BCUT2D eigenvalue weighted by Gasteiger charge is -2.21. The van der Waals surface area contributed by atoms with Crippen LogP contribution >= 0.6 is 0 Å². The van der Waals surface area contributed by atoms with E-state index in [0.717, 1.165) is 126 Å². The molecule has 4 atom stereocenters. The Morgan fingerprint density at radius 1 is 0.667 bits per heavy atom. The average Bonchev–Trinajstić information content (AvgIpc) is 4.25. The number of nitrogens with one attached hydrogen (secondary N) is 3. The third-order valence-corrected chi connectivity index (χ3v) is 13.8. The molecule has 69 heavy (non-hydrogen) atoms. The number of imidazole rings is 2. The third kappa shape index (κ3) is 10.1. The van der Waals surface area contributed by atoms with Crippen molar-refractivity contribution < 1.29 is 14.3 Å². The van der Waals surface area contributed by atoms with Crippen LogP contribution in [0.1, 0.15) is 102 Å². The van der Waals surface area contributed by atoms with Crippen molar-refractivity contribution in [1.82, 2.24) is 68.9 Å². The minimum atomic E-state index is -0.117. The topological polar surface area (TPSA) is 213 Å². The van der Waals surface area contributed by atoms with Crippen LogP contribution in [-0.2, 0) is 16.0 Å². The number of carbonyl (C=O) groups is 1. The van der Waals surface area contributed by atoms with Crippen molar-refractivity contribution in [3.8, 4) is 11.4 Å². The summed E-state index contributed by atoms with van der Waals surface area (Å²) < 4.78 is 18.1. The van der Waals surface area contributed by atoms with E-state index in [9.17, 15) is 14.4 Å². The number of fused-ring (bicyclic) bond motifs is 2. The van der Waals surface area contributed by atoms with E-state index in [1.165, 1.54) is 5.56 Å². The molecule has 358 valence electrons. The van der Waals surface area contributed by atoms with Crippen LogP contribution < -0.4 is 16.4 Å². The number of aromatic amines is 2. The van der Waals surface area contributed by atoms with Crippen LogP contribution in [0.5, 0.6) is 0 Å². The molecule has 0 radical (unpaired) electrons. The zero-order valence-corrected chi connectivity index (χ0v) is 38.9. The molecule has 4 saturated heterocycles. The molecule has 19 nitrogen and oxygen atoms in total. The first-order valence-corrected chi connectivity index (χ1v) is 24.0. The molecule has 0 spiro atoms. The highest BCUT2D eigenvalue weighted by atomic mass is 16.5. The summed E-state index contributed by atoms with van der Waals surface area (Å²) in [6.07, 6.45) is 15.1. The van der Waals surface area contributed by atoms with E-state index in [0.29, 0.717) is 34.4 Å². The standard InChI is InChI=1S/C25H29N7O2.C15H21N5O2.C10H8N2O/c1-17-14-30(15-18-4-2-5-20(12-18)31-9-3-8-27-31)16-21(17)23-28-25(33)22-13-26-24(32(22)29-23)19-6-10-34-11-7-19;1-9-6-16-7-11(9)13-18-15(21)12-8-17-14(20(12)19-13)10-2-4-22-5-3-10;13-8-9-3-1-4-10(7-9)12-6-2-5-11-12/h2-5,8-9,12-13,17,19,21H,6-7,10-11,14-16H2,1H3,(H,28,29,33);8-11,16H,2-7H2,1H3,(H,18,19,21);1-8H. The molecule has 12 rings (SSSR count). The van der Waals surface area contributed by atoms with Crippen LogP contribution in [-0.4, -0.2) is 123 Å². The zero-order chi connectivity index (χ0) is 47.3. The van der Waals surface area contributed by atoms with Gasteiger partial charge in [0, 0.05) is 107 Å². The summed E-state index contributed by atoms with van der Waals surface area (Å²) in [5.41, 5.74) is 4.69. The maximum atomic E-state index is 12.9. The summed E-state index contributed by atoms with van der Waals surface area (Å²) in [6.45, 7) is 11.8. The lowest BCUT2D eigenvalue weighted by Crippen LogP contribution is -2.24. The highest BCUT2D eigenvalue weighted by molar-refractivity contribution is 5.75. The summed E-state index contributed by atoms with van der Waals surface area (Å²) >= 11 is 0. The smallest absolute Gasteiger partial charge is 0.276 e. The Balaban J connectivity index is 0.000000134. The van der Waals surface area contributed by atoms with Crippen LogP contribution in [0, 0.1) is 11.8 Å². The Hall–Kier alpha value is -6.93. The quantitative estimate of drug-likeness (QED) is 0.162. The van der Waals surface area contributed by atoms with E-state index in [-0.39, 0.29) is 28.9 Å². The molecule has 0 saturated carbocycles. The number of rotatable bonds is 9. The summed E-state index contributed by atoms with van der Waals surface area (Å²) in [5, 5.41) is 21.4. The number of ether oxygens (including phenoxy) is 2. The number of hydrogen-bond acceptors (Lipinski definition) is 13. The second-order valence-corrected chi connectivity index (χ2v) is 18.6. The SMILES string of the molecule is CC1CN(Cc2cccc(-n3cccn3)c2)CC1c1nn2c(C3CCOCC3)ncc2c(=O)[nH]1.CC1CNCC1c1nn2c(C3CCOCC3)ncc2c(=O)[nH]1.O=Cc1cccc(-n2cccn2)c1. The van der Waals surface area contributed by atoms with Crippen LogP contribution in [0.2, 0.25) is 0 Å². The first-order chi connectivity index (χ1) is 33.8. The fraction of sp³-hybridized carbons (Fsp3) is 0.420. The van der Waals surface area contributed by atoms with Gasteiger partial charge >= 0.3 is 0 Å². The maximum Gasteiger partial charge on any atom is 0.276 e. The molecule has 4 aliphatic rings. The fourth-order valence-electron chi connectivity index (χ4n) is 10.0. The van der Waals surface area contributed by atoms with Gasteiger partial charge in [-0.15, -0.1) is 0 Å². The largest absolute Gasteiger partial charge is 0.381 e. The molecule has 8 aromatic rings. The molecule has 0 aliphatic carbocycles. The molecule has 0 amide bonds. The lowest BCUT2D eigenvalue weighted by atomic mass is 9.97. The van der Waals surface area contributed by atoms with Gasteiger partial charge in [-0.05, 0) is 86.0 Å². The maximum absolute atomic E-state index is 12.9. The molecular weight excluding hydrogens is 877 g/mol. The van der Waals surface area contributed by atoms with Gasteiger partial charge in [0.15, 0.2) is 11.0 Å². The van der Waals surface area contributed by atoms with Gasteiger partial charge in [-0.1, -0.05) is 38.1 Å². The van der Waals surface area contributed by atoms with Gasteiger partial charge in [0.2, 0.25) is 0 Å². The Morgan fingerprint density at radius 2 is 1.23 bits per heavy atom. The number of benzene rings is 2. The molecule has 4 fully saturated rings. The van der Waals surface area contributed by atoms with Gasteiger partial charge in [-0.25, -0.2) is 28.4 Å². The van der Waals surface area contributed by atoms with Crippen molar-refractivity contribution in [2.45, 2.75) is 69.7 Å². The van der Waals surface area contributed by atoms with E-state index < -0.39 is 0 Å². The molecule has 0 bridgehead atoms. The predicted octanol–water partition coefficient (Wildman–Crippen LogP) is 5.05. The van der Waals surface area contributed by atoms with Gasteiger partial charge in [0.25, 0.3) is 11.1 Å². The van der Waals surface area contributed by atoms with Gasteiger partial charge < -0.3 is 24.8 Å². The summed E-state index contributed by atoms with van der Waals surface area (Å²) in [5.74, 6) is 5.15. The molecule has 6 aromatic heterocycles. The minimum absolute atomic E-state index is 0.102. The van der Waals surface area contributed by atoms with Gasteiger partial charge in [-0.3, -0.25) is 19.3 Å². The number of aromatic nitrogens is 12. The molecule has 4 unspecified atom stereocenters. The minimum Gasteiger partial charge on any atom is -0.381 e. The molecular formula is C50H58N14O5. The monoisotopic (exact) mass is 934 g/mol. The summed E-state index contributed by atoms with van der Waals surface area (Å²) in [4.78, 5) is 53.2. The Labute approximate surface area is 397 Å². The van der Waals surface area contributed by atoms with Crippen LogP contribution in [0.3, 0.4) is 0 Å². The second kappa shape index (κ2) is 20.7. The van der Waals surface area contributed by atoms with Crippen LogP contribution in [0.4, 0.5) is 0 Å². The van der Waals surface area contributed by atoms with E-state index in [2.05, 4.69) is 78.5 Å². The Morgan fingerprint density at radius 3 is 1.77 bits per heavy atom. The van der Waals surface area contributed by atoms with Crippen molar-refractivity contribution >= 4 is 17.3 Å². The zero-order valence-electron chi connectivity index (χ0n) is 38.9. The molecule has 19 heteroatoms. The summed E-state index contributed by atoms with van der Waals surface area (Å²) in [7, 11) is 0. The summed E-state index contributed by atoms with van der Waals surface area (Å²) in [6, 6.07) is 19.5. The van der Waals surface area contributed by atoms with E-state index in [4.69, 9.17) is 19.7 Å². The number of nitrogens with zero attached hydrogens (tertiary/aromatic N) is 11. The van der Waals surface area contributed by atoms with Gasteiger partial charge in [0.05, 0.1) is 23.8 Å². The highest BCUT2D eigenvalue weighted by Gasteiger charge is 2.34. The molecule has 2 aromatic carbocycles. The number of H-pyrrole nitrogens is 2.